The van der Waals surface area contributed by atoms with E-state index in [9.17, 15) is 13.2 Å². The van der Waals surface area contributed by atoms with E-state index in [0.717, 1.165) is 12.1 Å². The predicted octanol–water partition coefficient (Wildman–Crippen LogP) is 7.11. The molecule has 0 saturated carbocycles. The topological polar surface area (TPSA) is 29.5 Å². The van der Waals surface area contributed by atoms with Gasteiger partial charge in [-0.25, -0.2) is 8.78 Å². The van der Waals surface area contributed by atoms with Gasteiger partial charge in [0.15, 0.2) is 17.4 Å². The van der Waals surface area contributed by atoms with Crippen LogP contribution in [0.5, 0.6) is 5.75 Å². The van der Waals surface area contributed by atoms with Crippen molar-refractivity contribution in [2.24, 2.45) is 0 Å². The smallest absolute Gasteiger partial charge is 0.200 e. The van der Waals surface area contributed by atoms with E-state index in [4.69, 9.17) is 5.11 Å². The van der Waals surface area contributed by atoms with Crippen LogP contribution in [0.1, 0.15) is 12.5 Å². The zero-order chi connectivity index (χ0) is 22.6. The van der Waals surface area contributed by atoms with Crippen molar-refractivity contribution in [3.8, 4) is 5.75 Å². The average Bonchev–Trinajstić information content (AvgIpc) is 2.69. The maximum atomic E-state index is 13.6. The molecule has 2 nitrogen and oxygen atoms in total. The lowest BCUT2D eigenvalue weighted by atomic mass is 10.1. The summed E-state index contributed by atoms with van der Waals surface area (Å²) in [5, 5.41) is 9.08. The monoisotopic (exact) mass is 402 g/mol. The maximum Gasteiger partial charge on any atom is 0.200 e. The number of hydrogen-bond acceptors (Lipinski definition) is 2. The second kappa shape index (κ2) is 12.8. The normalized spacial score (nSPS) is 11.0. The Morgan fingerprint density at radius 3 is 2.14 bits per heavy atom. The highest BCUT2D eigenvalue weighted by Crippen LogP contribution is 2.22. The lowest BCUT2D eigenvalue weighted by Gasteiger charge is -2.03. The van der Waals surface area contributed by atoms with Crippen molar-refractivity contribution in [3.63, 3.8) is 0 Å². The molecule has 0 saturated heterocycles. The van der Waals surface area contributed by atoms with Crippen LogP contribution in [0.4, 0.5) is 13.2 Å². The van der Waals surface area contributed by atoms with E-state index in [0.29, 0.717) is 16.7 Å². The molecule has 0 amide bonds. The average molecular weight is 402 g/mol. The van der Waals surface area contributed by atoms with Crippen molar-refractivity contribution in [2.45, 2.75) is 6.92 Å². The number of aromatic hydroxyl groups is 1. The molecule has 1 rings (SSSR count). The van der Waals surface area contributed by atoms with Crippen LogP contribution in [0.25, 0.3) is 6.08 Å². The molecule has 154 valence electrons. The van der Waals surface area contributed by atoms with Crippen LogP contribution >= 0.6 is 0 Å². The Bertz CT molecular complexity index is 888. The molecule has 0 aromatic heterocycles. The van der Waals surface area contributed by atoms with Crippen LogP contribution in [-0.4, -0.2) is 12.2 Å². The SMILES string of the molecule is C=C(/C=C\C(=C)C(=C)/C=C(/F)C(=C)OC)/C=C/c1ccc(O)c(F)c1F.C=CC. The van der Waals surface area contributed by atoms with E-state index in [1.54, 1.807) is 18.2 Å². The highest BCUT2D eigenvalue weighted by molar-refractivity contribution is 5.57. The summed E-state index contributed by atoms with van der Waals surface area (Å²) in [7, 11) is 1.30. The van der Waals surface area contributed by atoms with Gasteiger partial charge in [0.25, 0.3) is 0 Å². The molecule has 5 heteroatoms. The van der Waals surface area contributed by atoms with Gasteiger partial charge >= 0.3 is 0 Å². The molecule has 0 unspecified atom stereocenters. The predicted molar refractivity (Wildman–Crippen MR) is 115 cm³/mol. The number of ether oxygens (including phenoxy) is 1. The van der Waals surface area contributed by atoms with E-state index in [-0.39, 0.29) is 11.3 Å². The molecule has 0 fully saturated rings. The molecule has 0 aliphatic rings. The van der Waals surface area contributed by atoms with E-state index in [1.807, 2.05) is 6.92 Å². The van der Waals surface area contributed by atoms with Crippen molar-refractivity contribution in [1.82, 2.24) is 0 Å². The Morgan fingerprint density at radius 1 is 1.00 bits per heavy atom. The summed E-state index contributed by atoms with van der Waals surface area (Å²) >= 11 is 0. The summed E-state index contributed by atoms with van der Waals surface area (Å²) in [5.74, 6) is -4.03. The van der Waals surface area contributed by atoms with Crippen molar-refractivity contribution < 1.29 is 23.0 Å². The van der Waals surface area contributed by atoms with Crippen molar-refractivity contribution in [3.05, 3.63) is 121 Å². The van der Waals surface area contributed by atoms with Gasteiger partial charge in [-0.2, -0.15) is 4.39 Å². The molecule has 0 heterocycles. The van der Waals surface area contributed by atoms with Gasteiger partial charge in [-0.05, 0) is 41.9 Å². The Balaban J connectivity index is 0.00000245. The van der Waals surface area contributed by atoms with E-state index < -0.39 is 23.2 Å². The summed E-state index contributed by atoms with van der Waals surface area (Å²) in [6.07, 6.45) is 8.73. The minimum atomic E-state index is -1.32. The van der Waals surface area contributed by atoms with Crippen LogP contribution in [-0.2, 0) is 4.74 Å². The Labute approximate surface area is 170 Å². The number of phenols is 1. The molecule has 1 aromatic carbocycles. The van der Waals surface area contributed by atoms with Crippen LogP contribution in [0.15, 0.2) is 104 Å². The minimum Gasteiger partial charge on any atom is -0.505 e. The molecule has 1 aromatic rings. The van der Waals surface area contributed by atoms with Gasteiger partial charge in [0.2, 0.25) is 5.82 Å². The van der Waals surface area contributed by atoms with Gasteiger partial charge in [0, 0.05) is 5.56 Å². The standard InChI is InChI=1S/C21H19F3O2.C3H6/c1-13(7-9-17-10-11-19(25)21(24)20(17)23)6-8-14(2)15(3)12-18(22)16(4)26-5;1-3-2/h6-12,25H,1-4H2,5H3;3H,1H2,2H3/b8-6-,9-7+,18-12+;. The van der Waals surface area contributed by atoms with Crippen LogP contribution < -0.4 is 0 Å². The number of hydrogen-bond donors (Lipinski definition) is 1. The molecule has 0 atom stereocenters. The highest BCUT2D eigenvalue weighted by Gasteiger charge is 2.10. The first-order chi connectivity index (χ1) is 13.6. The first-order valence-electron chi connectivity index (χ1n) is 8.36. The zero-order valence-corrected chi connectivity index (χ0v) is 16.6. The van der Waals surface area contributed by atoms with E-state index in [1.165, 1.54) is 25.3 Å². The van der Waals surface area contributed by atoms with Gasteiger partial charge in [-0.15, -0.1) is 6.58 Å². The molecule has 0 spiro atoms. The summed E-state index contributed by atoms with van der Waals surface area (Å²) < 4.78 is 45.2. The first kappa shape index (κ1) is 25.5. The molecular weight excluding hydrogens is 377 g/mol. The number of rotatable bonds is 8. The zero-order valence-electron chi connectivity index (χ0n) is 16.6. The maximum absolute atomic E-state index is 13.6. The fraction of sp³-hybridized carbons (Fsp3) is 0.0833. The molecule has 0 radical (unpaired) electrons. The first-order valence-corrected chi connectivity index (χ1v) is 8.36. The molecule has 29 heavy (non-hydrogen) atoms. The van der Waals surface area contributed by atoms with Gasteiger partial charge in [-0.1, -0.05) is 56.7 Å². The lowest BCUT2D eigenvalue weighted by molar-refractivity contribution is 0.285. The number of allylic oxidation sites excluding steroid dienone is 9. The third-order valence-corrected chi connectivity index (χ3v) is 3.29. The minimum absolute atomic E-state index is 0.0406. The van der Waals surface area contributed by atoms with Gasteiger partial charge in [0.05, 0.1) is 7.11 Å². The number of phenolic OH excluding ortho intramolecular Hbond substituents is 1. The van der Waals surface area contributed by atoms with Gasteiger partial charge in [0.1, 0.15) is 5.76 Å². The quantitative estimate of drug-likeness (QED) is 0.285. The van der Waals surface area contributed by atoms with Crippen molar-refractivity contribution >= 4 is 6.08 Å². The van der Waals surface area contributed by atoms with E-state index in [2.05, 4.69) is 37.6 Å². The van der Waals surface area contributed by atoms with Gasteiger partial charge in [-0.3, -0.25) is 0 Å². The highest BCUT2D eigenvalue weighted by atomic mass is 19.2. The third kappa shape index (κ3) is 8.84. The third-order valence-electron chi connectivity index (χ3n) is 3.29. The number of benzene rings is 1. The van der Waals surface area contributed by atoms with Crippen LogP contribution in [0.2, 0.25) is 0 Å². The molecule has 0 bridgehead atoms. The van der Waals surface area contributed by atoms with Crippen LogP contribution in [0.3, 0.4) is 0 Å². The van der Waals surface area contributed by atoms with Gasteiger partial charge < -0.3 is 9.84 Å². The second-order valence-electron chi connectivity index (χ2n) is 5.62. The largest absolute Gasteiger partial charge is 0.505 e. The Hall–Kier alpha value is -3.47. The molecular formula is C24H25F3O2. The molecule has 1 N–H and O–H groups in total. The molecule has 0 aliphatic heterocycles. The fourth-order valence-corrected chi connectivity index (χ4v) is 1.67. The summed E-state index contributed by atoms with van der Waals surface area (Å²) in [5.41, 5.74) is 1.14. The van der Waals surface area contributed by atoms with Crippen molar-refractivity contribution in [1.29, 1.82) is 0 Å². The van der Waals surface area contributed by atoms with E-state index >= 15 is 0 Å². The summed E-state index contributed by atoms with van der Waals surface area (Å²) in [4.78, 5) is 0. The van der Waals surface area contributed by atoms with Crippen LogP contribution in [0, 0.1) is 11.6 Å². The number of halogens is 3. The molecule has 0 aliphatic carbocycles. The second-order valence-corrected chi connectivity index (χ2v) is 5.62. The lowest BCUT2D eigenvalue weighted by Crippen LogP contribution is -1.89. The van der Waals surface area contributed by atoms with Crippen molar-refractivity contribution in [2.75, 3.05) is 7.11 Å². The summed E-state index contributed by atoms with van der Waals surface area (Å²) in [6.45, 7) is 19.8. The fourth-order valence-electron chi connectivity index (χ4n) is 1.67. The summed E-state index contributed by atoms with van der Waals surface area (Å²) in [6, 6.07) is 2.29. The Kier molecular flexibility index (Phi) is 11.3. The number of methoxy groups -OCH3 is 1. The Morgan fingerprint density at radius 2 is 1.59 bits per heavy atom.